The lowest BCUT2D eigenvalue weighted by Gasteiger charge is -2.36. The van der Waals surface area contributed by atoms with Gasteiger partial charge < -0.3 is 19.3 Å². The molecule has 0 spiro atoms. The maximum atomic E-state index is 12.4. The van der Waals surface area contributed by atoms with Crippen LogP contribution in [0.25, 0.3) is 0 Å². The number of piperazine rings is 1. The molecule has 0 saturated carbocycles. The number of carbonyl (C=O) groups is 1. The smallest absolute Gasteiger partial charge is 0.260 e. The van der Waals surface area contributed by atoms with E-state index in [1.54, 1.807) is 7.11 Å². The summed E-state index contributed by atoms with van der Waals surface area (Å²) < 4.78 is 10.9. The first-order chi connectivity index (χ1) is 12.7. The third-order valence-electron chi connectivity index (χ3n) is 4.74. The predicted molar refractivity (Wildman–Crippen MR) is 103 cm³/mol. The van der Waals surface area contributed by atoms with Crippen LogP contribution in [0.2, 0.25) is 0 Å². The molecule has 0 aliphatic carbocycles. The summed E-state index contributed by atoms with van der Waals surface area (Å²) >= 11 is 0. The van der Waals surface area contributed by atoms with Gasteiger partial charge in [0.15, 0.2) is 6.61 Å². The third kappa shape index (κ3) is 4.48. The van der Waals surface area contributed by atoms with Crippen LogP contribution < -0.4 is 14.4 Å². The summed E-state index contributed by atoms with van der Waals surface area (Å²) in [6.45, 7) is 5.23. The zero-order valence-electron chi connectivity index (χ0n) is 15.5. The Balaban J connectivity index is 1.48. The fourth-order valence-electron chi connectivity index (χ4n) is 3.08. The van der Waals surface area contributed by atoms with Crippen molar-refractivity contribution in [2.24, 2.45) is 0 Å². The number of rotatable bonds is 6. The lowest BCUT2D eigenvalue weighted by atomic mass is 10.2. The van der Waals surface area contributed by atoms with Crippen LogP contribution in [0.15, 0.2) is 48.5 Å². The maximum Gasteiger partial charge on any atom is 0.260 e. The zero-order chi connectivity index (χ0) is 18.4. The number of nitrogens with zero attached hydrogens (tertiary/aromatic N) is 2. The Labute approximate surface area is 155 Å². The molecule has 0 aromatic heterocycles. The van der Waals surface area contributed by atoms with Crippen LogP contribution in [0, 0.1) is 0 Å². The molecule has 0 N–H and O–H groups in total. The van der Waals surface area contributed by atoms with Crippen molar-refractivity contribution >= 4 is 11.6 Å². The minimum Gasteiger partial charge on any atom is -0.497 e. The highest BCUT2D eigenvalue weighted by Crippen LogP contribution is 2.22. The van der Waals surface area contributed by atoms with E-state index in [1.165, 1.54) is 5.56 Å². The summed E-state index contributed by atoms with van der Waals surface area (Å²) in [4.78, 5) is 16.5. The van der Waals surface area contributed by atoms with Gasteiger partial charge in [0.1, 0.15) is 11.5 Å². The van der Waals surface area contributed by atoms with Crippen LogP contribution in [-0.2, 0) is 11.2 Å². The van der Waals surface area contributed by atoms with E-state index in [4.69, 9.17) is 9.47 Å². The number of aryl methyl sites for hydroxylation is 1. The number of benzene rings is 2. The Kier molecular flexibility index (Phi) is 6.00. The lowest BCUT2D eigenvalue weighted by molar-refractivity contribution is -0.133. The van der Waals surface area contributed by atoms with Gasteiger partial charge in [0, 0.05) is 37.9 Å². The average Bonchev–Trinajstić information content (AvgIpc) is 2.72. The van der Waals surface area contributed by atoms with Crippen molar-refractivity contribution in [1.29, 1.82) is 0 Å². The van der Waals surface area contributed by atoms with Gasteiger partial charge in [-0.15, -0.1) is 0 Å². The number of amides is 1. The van der Waals surface area contributed by atoms with Crippen LogP contribution in [0.4, 0.5) is 5.69 Å². The maximum absolute atomic E-state index is 12.4. The van der Waals surface area contributed by atoms with Gasteiger partial charge in [-0.25, -0.2) is 0 Å². The molecule has 5 heteroatoms. The lowest BCUT2D eigenvalue weighted by Crippen LogP contribution is -2.50. The van der Waals surface area contributed by atoms with E-state index in [1.807, 2.05) is 47.4 Å². The summed E-state index contributed by atoms with van der Waals surface area (Å²) in [6, 6.07) is 15.9. The molecule has 1 heterocycles. The largest absolute Gasteiger partial charge is 0.497 e. The Morgan fingerprint density at radius 2 is 1.73 bits per heavy atom. The Bertz CT molecular complexity index is 722. The number of anilines is 1. The molecular weight excluding hydrogens is 328 g/mol. The van der Waals surface area contributed by atoms with E-state index in [2.05, 4.69) is 17.9 Å². The molecular formula is C21H26N2O3. The van der Waals surface area contributed by atoms with Crippen LogP contribution in [0.5, 0.6) is 11.5 Å². The van der Waals surface area contributed by atoms with Crippen molar-refractivity contribution in [3.8, 4) is 11.5 Å². The number of hydrogen-bond donors (Lipinski definition) is 0. The summed E-state index contributed by atoms with van der Waals surface area (Å²) in [5.41, 5.74) is 2.39. The molecule has 1 fully saturated rings. The summed E-state index contributed by atoms with van der Waals surface area (Å²) in [5, 5.41) is 0. The standard InChI is InChI=1S/C21H26N2O3/c1-3-17-7-9-19(10-8-17)26-16-21(24)23-13-11-22(12-14-23)18-5-4-6-20(15-18)25-2/h4-10,15H,3,11-14,16H2,1-2H3. The van der Waals surface area contributed by atoms with Crippen molar-refractivity contribution in [2.75, 3.05) is 44.8 Å². The molecule has 138 valence electrons. The van der Waals surface area contributed by atoms with Gasteiger partial charge in [-0.2, -0.15) is 0 Å². The number of ether oxygens (including phenoxy) is 2. The fraction of sp³-hybridized carbons (Fsp3) is 0.381. The predicted octanol–water partition coefficient (Wildman–Crippen LogP) is 2.99. The van der Waals surface area contributed by atoms with E-state index in [0.717, 1.165) is 36.7 Å². The molecule has 2 aromatic carbocycles. The minimum absolute atomic E-state index is 0.0369. The van der Waals surface area contributed by atoms with Gasteiger partial charge in [0.2, 0.25) is 0 Å². The first-order valence-corrected chi connectivity index (χ1v) is 9.08. The molecule has 1 saturated heterocycles. The van der Waals surface area contributed by atoms with Gasteiger partial charge >= 0.3 is 0 Å². The van der Waals surface area contributed by atoms with Gasteiger partial charge in [-0.1, -0.05) is 25.1 Å². The van der Waals surface area contributed by atoms with Crippen LogP contribution >= 0.6 is 0 Å². The fourth-order valence-corrected chi connectivity index (χ4v) is 3.08. The first kappa shape index (κ1) is 18.1. The van der Waals surface area contributed by atoms with E-state index in [-0.39, 0.29) is 12.5 Å². The zero-order valence-corrected chi connectivity index (χ0v) is 15.5. The number of carbonyl (C=O) groups excluding carboxylic acids is 1. The second-order valence-electron chi connectivity index (χ2n) is 6.36. The van der Waals surface area contributed by atoms with Crippen molar-refractivity contribution in [3.05, 3.63) is 54.1 Å². The van der Waals surface area contributed by atoms with Crippen molar-refractivity contribution in [3.63, 3.8) is 0 Å². The molecule has 1 aliphatic rings. The molecule has 0 bridgehead atoms. The van der Waals surface area contributed by atoms with Gasteiger partial charge in [0.05, 0.1) is 7.11 Å². The Hall–Kier alpha value is -2.69. The van der Waals surface area contributed by atoms with Crippen LogP contribution in [0.1, 0.15) is 12.5 Å². The van der Waals surface area contributed by atoms with Crippen molar-refractivity contribution < 1.29 is 14.3 Å². The molecule has 2 aromatic rings. The topological polar surface area (TPSA) is 42.0 Å². The summed E-state index contributed by atoms with van der Waals surface area (Å²) in [6.07, 6.45) is 0.997. The summed E-state index contributed by atoms with van der Waals surface area (Å²) in [5.74, 6) is 1.63. The molecule has 0 unspecified atom stereocenters. The number of hydrogen-bond acceptors (Lipinski definition) is 4. The van der Waals surface area contributed by atoms with Crippen molar-refractivity contribution in [2.45, 2.75) is 13.3 Å². The average molecular weight is 354 g/mol. The van der Waals surface area contributed by atoms with Crippen LogP contribution in [0.3, 0.4) is 0 Å². The third-order valence-corrected chi connectivity index (χ3v) is 4.74. The quantitative estimate of drug-likeness (QED) is 0.800. The molecule has 0 radical (unpaired) electrons. The second kappa shape index (κ2) is 8.61. The van der Waals surface area contributed by atoms with Gasteiger partial charge in [-0.05, 0) is 36.2 Å². The highest BCUT2D eigenvalue weighted by molar-refractivity contribution is 5.78. The van der Waals surface area contributed by atoms with Gasteiger partial charge in [-0.3, -0.25) is 4.79 Å². The Morgan fingerprint density at radius 1 is 1.00 bits per heavy atom. The van der Waals surface area contributed by atoms with E-state index in [9.17, 15) is 4.79 Å². The van der Waals surface area contributed by atoms with Crippen LogP contribution in [-0.4, -0.2) is 50.7 Å². The van der Waals surface area contributed by atoms with E-state index >= 15 is 0 Å². The minimum atomic E-state index is 0.0369. The molecule has 1 amide bonds. The summed E-state index contributed by atoms with van der Waals surface area (Å²) in [7, 11) is 1.67. The normalized spacial score (nSPS) is 14.2. The van der Waals surface area contributed by atoms with E-state index in [0.29, 0.717) is 13.1 Å². The molecule has 1 aliphatic heterocycles. The van der Waals surface area contributed by atoms with Crippen molar-refractivity contribution in [1.82, 2.24) is 4.90 Å². The van der Waals surface area contributed by atoms with E-state index < -0.39 is 0 Å². The molecule has 26 heavy (non-hydrogen) atoms. The second-order valence-corrected chi connectivity index (χ2v) is 6.36. The molecule has 3 rings (SSSR count). The molecule has 0 atom stereocenters. The highest BCUT2D eigenvalue weighted by Gasteiger charge is 2.21. The first-order valence-electron chi connectivity index (χ1n) is 9.08. The monoisotopic (exact) mass is 354 g/mol. The number of methoxy groups -OCH3 is 1. The SMILES string of the molecule is CCc1ccc(OCC(=O)N2CCN(c3cccc(OC)c3)CC2)cc1. The van der Waals surface area contributed by atoms with Gasteiger partial charge in [0.25, 0.3) is 5.91 Å². The molecule has 5 nitrogen and oxygen atoms in total. The highest BCUT2D eigenvalue weighted by atomic mass is 16.5. The Morgan fingerprint density at radius 3 is 2.38 bits per heavy atom.